The topological polar surface area (TPSA) is 94.9 Å². The first-order valence-electron chi connectivity index (χ1n) is 8.06. The highest BCUT2D eigenvalue weighted by molar-refractivity contribution is 7.80. The number of nitrogens with zero attached hydrogens (tertiary/aromatic N) is 1. The third-order valence-corrected chi connectivity index (χ3v) is 4.04. The third kappa shape index (κ3) is 5.45. The molecule has 2 rings (SSSR count). The number of thiocarbonyl (C=S) groups is 1. The van der Waals surface area contributed by atoms with Crippen molar-refractivity contribution in [2.75, 3.05) is 33.2 Å². The van der Waals surface area contributed by atoms with Gasteiger partial charge in [0.1, 0.15) is 5.75 Å². The summed E-state index contributed by atoms with van der Waals surface area (Å²) < 4.78 is 15.7. The van der Waals surface area contributed by atoms with Gasteiger partial charge in [-0.2, -0.15) is 0 Å². The maximum absolute atomic E-state index is 10.8. The highest BCUT2D eigenvalue weighted by Crippen LogP contribution is 2.29. The fourth-order valence-corrected chi connectivity index (χ4v) is 2.63. The molecular formula is C18H21N3O5S. The summed E-state index contributed by atoms with van der Waals surface area (Å²) in [6.45, 7) is 0.594. The van der Waals surface area contributed by atoms with Gasteiger partial charge < -0.3 is 24.8 Å². The number of anilines is 1. The van der Waals surface area contributed by atoms with Crippen molar-refractivity contribution in [2.45, 2.75) is 6.42 Å². The number of nitrogens with one attached hydrogen (secondary N) is 2. The predicted octanol–water partition coefficient (Wildman–Crippen LogP) is 3.15. The molecule has 2 aromatic rings. The third-order valence-electron chi connectivity index (χ3n) is 3.79. The van der Waals surface area contributed by atoms with Crippen molar-refractivity contribution in [2.24, 2.45) is 0 Å². The van der Waals surface area contributed by atoms with E-state index in [0.29, 0.717) is 34.6 Å². The first kappa shape index (κ1) is 20.2. The Bertz CT molecular complexity index is 829. The van der Waals surface area contributed by atoms with Gasteiger partial charge in [0.05, 0.1) is 38.0 Å². The lowest BCUT2D eigenvalue weighted by atomic mass is 10.1. The van der Waals surface area contributed by atoms with Crippen molar-refractivity contribution in [3.8, 4) is 17.2 Å². The van der Waals surface area contributed by atoms with E-state index in [1.54, 1.807) is 20.3 Å². The fourth-order valence-electron chi connectivity index (χ4n) is 2.42. The zero-order chi connectivity index (χ0) is 19.8. The van der Waals surface area contributed by atoms with Gasteiger partial charge in [0, 0.05) is 12.6 Å². The second kappa shape index (κ2) is 9.58. The molecule has 2 aromatic carbocycles. The number of nitro benzene ring substituents is 1. The highest BCUT2D eigenvalue weighted by Gasteiger charge is 2.12. The van der Waals surface area contributed by atoms with Gasteiger partial charge >= 0.3 is 0 Å². The maximum Gasteiger partial charge on any atom is 0.273 e. The molecule has 0 aliphatic carbocycles. The molecule has 0 aliphatic heterocycles. The average Bonchev–Trinajstić information content (AvgIpc) is 2.67. The Balaban J connectivity index is 1.92. The van der Waals surface area contributed by atoms with E-state index in [1.807, 2.05) is 18.2 Å². The molecule has 0 aliphatic rings. The van der Waals surface area contributed by atoms with Crippen molar-refractivity contribution in [3.05, 3.63) is 52.1 Å². The summed E-state index contributed by atoms with van der Waals surface area (Å²) >= 11 is 5.28. The Morgan fingerprint density at radius 3 is 2.37 bits per heavy atom. The first-order valence-corrected chi connectivity index (χ1v) is 8.47. The number of benzene rings is 2. The van der Waals surface area contributed by atoms with Crippen LogP contribution in [-0.4, -0.2) is 37.9 Å². The summed E-state index contributed by atoms with van der Waals surface area (Å²) in [7, 11) is 4.63. The smallest absolute Gasteiger partial charge is 0.273 e. The van der Waals surface area contributed by atoms with Crippen LogP contribution in [0.2, 0.25) is 0 Å². The number of hydrogen-bond donors (Lipinski definition) is 2. The van der Waals surface area contributed by atoms with Crippen LogP contribution in [0, 0.1) is 10.1 Å². The van der Waals surface area contributed by atoms with E-state index in [9.17, 15) is 10.1 Å². The van der Waals surface area contributed by atoms with Crippen molar-refractivity contribution < 1.29 is 19.1 Å². The molecule has 0 spiro atoms. The standard InChI is InChI=1S/C18H21N3O5S/c1-24-15-7-4-12(10-17(15)26-3)8-9-19-18(27)20-14-6-5-13(21(22)23)11-16(14)25-2/h4-7,10-11H,8-9H2,1-3H3,(H2,19,20,27). The molecule has 0 saturated heterocycles. The van der Waals surface area contributed by atoms with Crippen LogP contribution >= 0.6 is 12.2 Å². The van der Waals surface area contributed by atoms with Crippen LogP contribution in [-0.2, 0) is 6.42 Å². The Morgan fingerprint density at radius 2 is 1.74 bits per heavy atom. The van der Waals surface area contributed by atoms with E-state index in [1.165, 1.54) is 19.2 Å². The molecule has 144 valence electrons. The lowest BCUT2D eigenvalue weighted by Gasteiger charge is -2.14. The van der Waals surface area contributed by atoms with Gasteiger partial charge in [0.15, 0.2) is 16.6 Å². The zero-order valence-corrected chi connectivity index (χ0v) is 16.1. The maximum atomic E-state index is 10.8. The molecule has 0 heterocycles. The summed E-state index contributed by atoms with van der Waals surface area (Å²) in [4.78, 5) is 10.4. The van der Waals surface area contributed by atoms with Gasteiger partial charge in [-0.15, -0.1) is 0 Å². The minimum atomic E-state index is -0.480. The molecule has 0 bridgehead atoms. The van der Waals surface area contributed by atoms with Gasteiger partial charge in [-0.05, 0) is 42.4 Å². The quantitative estimate of drug-likeness (QED) is 0.403. The van der Waals surface area contributed by atoms with Crippen LogP contribution in [0.5, 0.6) is 17.2 Å². The molecular weight excluding hydrogens is 370 g/mol. The average molecular weight is 391 g/mol. The zero-order valence-electron chi connectivity index (χ0n) is 15.3. The van der Waals surface area contributed by atoms with Gasteiger partial charge in [0.2, 0.25) is 0 Å². The Labute approximate surface area is 162 Å². The number of nitro groups is 1. The Hall–Kier alpha value is -3.07. The molecule has 0 radical (unpaired) electrons. The summed E-state index contributed by atoms with van der Waals surface area (Å²) in [5, 5.41) is 17.3. The predicted molar refractivity (Wildman–Crippen MR) is 107 cm³/mol. The largest absolute Gasteiger partial charge is 0.494 e. The van der Waals surface area contributed by atoms with Gasteiger partial charge in [0.25, 0.3) is 5.69 Å². The monoisotopic (exact) mass is 391 g/mol. The molecule has 0 saturated carbocycles. The van der Waals surface area contributed by atoms with Crippen LogP contribution in [0.25, 0.3) is 0 Å². The molecule has 0 aromatic heterocycles. The van der Waals surface area contributed by atoms with Crippen molar-refractivity contribution >= 4 is 28.7 Å². The van der Waals surface area contributed by atoms with Crippen molar-refractivity contribution in [3.63, 3.8) is 0 Å². The van der Waals surface area contributed by atoms with Crippen LogP contribution < -0.4 is 24.8 Å². The lowest BCUT2D eigenvalue weighted by Crippen LogP contribution is -2.30. The van der Waals surface area contributed by atoms with E-state index < -0.39 is 4.92 Å². The summed E-state index contributed by atoms with van der Waals surface area (Å²) in [6.07, 6.45) is 0.722. The van der Waals surface area contributed by atoms with E-state index in [2.05, 4.69) is 10.6 Å². The Kier molecular flexibility index (Phi) is 7.18. The number of hydrogen-bond acceptors (Lipinski definition) is 6. The summed E-state index contributed by atoms with van der Waals surface area (Å²) in [6, 6.07) is 10.0. The molecule has 0 unspecified atom stereocenters. The summed E-state index contributed by atoms with van der Waals surface area (Å²) in [5.41, 5.74) is 1.56. The molecule has 8 nitrogen and oxygen atoms in total. The second-order valence-corrected chi connectivity index (χ2v) is 5.87. The number of rotatable bonds is 8. The van der Waals surface area contributed by atoms with Crippen LogP contribution in [0.15, 0.2) is 36.4 Å². The lowest BCUT2D eigenvalue weighted by molar-refractivity contribution is -0.384. The number of non-ortho nitro benzene ring substituents is 1. The normalized spacial score (nSPS) is 10.0. The minimum Gasteiger partial charge on any atom is -0.494 e. The highest BCUT2D eigenvalue weighted by atomic mass is 32.1. The first-order chi connectivity index (χ1) is 13.0. The van der Waals surface area contributed by atoms with Gasteiger partial charge in [-0.1, -0.05) is 6.07 Å². The fraction of sp³-hybridized carbons (Fsp3) is 0.278. The summed E-state index contributed by atoms with van der Waals surface area (Å²) in [5.74, 6) is 1.69. The van der Waals surface area contributed by atoms with E-state index in [0.717, 1.165) is 12.0 Å². The van der Waals surface area contributed by atoms with Crippen LogP contribution in [0.3, 0.4) is 0 Å². The van der Waals surface area contributed by atoms with Crippen molar-refractivity contribution in [1.82, 2.24) is 5.32 Å². The minimum absolute atomic E-state index is 0.0512. The van der Waals surface area contributed by atoms with E-state index in [-0.39, 0.29) is 5.69 Å². The molecule has 0 amide bonds. The van der Waals surface area contributed by atoms with Crippen LogP contribution in [0.4, 0.5) is 11.4 Å². The van der Waals surface area contributed by atoms with Gasteiger partial charge in [-0.25, -0.2) is 0 Å². The molecule has 9 heteroatoms. The van der Waals surface area contributed by atoms with Crippen molar-refractivity contribution in [1.29, 1.82) is 0 Å². The molecule has 27 heavy (non-hydrogen) atoms. The number of ether oxygens (including phenoxy) is 3. The van der Waals surface area contributed by atoms with Gasteiger partial charge in [-0.3, -0.25) is 10.1 Å². The Morgan fingerprint density at radius 1 is 1.04 bits per heavy atom. The molecule has 0 atom stereocenters. The van der Waals surface area contributed by atoms with E-state index in [4.69, 9.17) is 26.4 Å². The molecule has 2 N–H and O–H groups in total. The van der Waals surface area contributed by atoms with E-state index >= 15 is 0 Å². The number of methoxy groups -OCH3 is 3. The second-order valence-electron chi connectivity index (χ2n) is 5.46. The van der Waals surface area contributed by atoms with Crippen LogP contribution in [0.1, 0.15) is 5.56 Å². The molecule has 0 fully saturated rings. The SMILES string of the molecule is COc1cc([N+](=O)[O-])ccc1NC(=S)NCCc1ccc(OC)c(OC)c1.